The lowest BCUT2D eigenvalue weighted by Crippen LogP contribution is -2.75. The Morgan fingerprint density at radius 2 is 1.93 bits per heavy atom. The molecule has 0 aromatic carbocycles. The molecule has 3 nitrogen and oxygen atoms in total. The van der Waals surface area contributed by atoms with E-state index in [-0.39, 0.29) is 17.9 Å². The smallest absolute Gasteiger partial charge is 0.0997 e. The molecule has 86 valence electrons. The summed E-state index contributed by atoms with van der Waals surface area (Å²) in [5.74, 6) is 0.102. The Hall–Kier alpha value is -0.120. The van der Waals surface area contributed by atoms with Gasteiger partial charge in [0.25, 0.3) is 0 Å². The van der Waals surface area contributed by atoms with Crippen LogP contribution in [0.3, 0.4) is 0 Å². The zero-order valence-corrected chi connectivity index (χ0v) is 9.24. The minimum atomic E-state index is -0.998. The zero-order valence-electron chi connectivity index (χ0n) is 9.24. The number of rotatable bonds is 1. The summed E-state index contributed by atoms with van der Waals surface area (Å²) in [5.41, 5.74) is -1.33. The van der Waals surface area contributed by atoms with Crippen molar-refractivity contribution in [2.75, 3.05) is 6.61 Å². The van der Waals surface area contributed by atoms with Crippen molar-refractivity contribution in [1.82, 2.24) is 0 Å². The van der Waals surface area contributed by atoms with E-state index in [1.54, 1.807) is 0 Å². The predicted molar refractivity (Wildman–Crippen MR) is 55.2 cm³/mol. The maximum Gasteiger partial charge on any atom is 0.0997 e. The largest absolute Gasteiger partial charge is 0.393 e. The van der Waals surface area contributed by atoms with E-state index in [0.717, 1.165) is 19.3 Å². The maximum atomic E-state index is 10.5. The molecule has 0 aromatic rings. The monoisotopic (exact) mass is 212 g/mol. The second kappa shape index (κ2) is 2.58. The standard InChI is InChI=1S/C12H20O3/c1-10-4-2-3-5-11(10)9(14)6-8(10)12(11,15)7-13/h8-9,13-15H,2-7H2,1H3/t8-,9-,10-,11+,12-/m0/s1. The Morgan fingerprint density at radius 1 is 1.27 bits per heavy atom. The van der Waals surface area contributed by atoms with Crippen molar-refractivity contribution in [3.05, 3.63) is 0 Å². The van der Waals surface area contributed by atoms with Crippen molar-refractivity contribution in [2.45, 2.75) is 50.7 Å². The quantitative estimate of drug-likeness (QED) is 0.598. The van der Waals surface area contributed by atoms with Crippen LogP contribution >= 0.6 is 0 Å². The molecule has 4 fully saturated rings. The highest BCUT2D eigenvalue weighted by molar-refractivity contribution is 5.32. The van der Waals surface area contributed by atoms with Crippen molar-refractivity contribution in [1.29, 1.82) is 0 Å². The van der Waals surface area contributed by atoms with E-state index >= 15 is 0 Å². The second-order valence-electron chi connectivity index (χ2n) is 5.98. The van der Waals surface area contributed by atoms with Gasteiger partial charge >= 0.3 is 0 Å². The summed E-state index contributed by atoms with van der Waals surface area (Å²) < 4.78 is 0. The lowest BCUT2D eigenvalue weighted by atomic mass is 9.37. The van der Waals surface area contributed by atoms with Crippen LogP contribution in [-0.2, 0) is 0 Å². The molecule has 5 atom stereocenters. The van der Waals surface area contributed by atoms with Crippen LogP contribution in [0.25, 0.3) is 0 Å². The topological polar surface area (TPSA) is 60.7 Å². The van der Waals surface area contributed by atoms with Crippen LogP contribution in [0.2, 0.25) is 0 Å². The second-order valence-corrected chi connectivity index (χ2v) is 5.98. The summed E-state index contributed by atoms with van der Waals surface area (Å²) in [5, 5.41) is 30.1. The molecule has 0 aromatic heterocycles. The van der Waals surface area contributed by atoms with Crippen LogP contribution in [0.4, 0.5) is 0 Å². The predicted octanol–water partition coefficient (Wildman–Crippen LogP) is 0.671. The first-order chi connectivity index (χ1) is 7.03. The van der Waals surface area contributed by atoms with Gasteiger partial charge in [-0.1, -0.05) is 19.8 Å². The molecule has 4 rings (SSSR count). The average molecular weight is 212 g/mol. The molecule has 0 heterocycles. The van der Waals surface area contributed by atoms with Gasteiger partial charge in [0.1, 0.15) is 0 Å². The molecule has 4 aliphatic carbocycles. The van der Waals surface area contributed by atoms with Crippen LogP contribution in [0.1, 0.15) is 39.0 Å². The van der Waals surface area contributed by atoms with Gasteiger partial charge in [0, 0.05) is 5.41 Å². The van der Waals surface area contributed by atoms with Crippen molar-refractivity contribution in [3.63, 3.8) is 0 Å². The molecule has 0 unspecified atom stereocenters. The SMILES string of the molecule is C[C@@]12CCCC[C@@]13[C@@H](O)C[C@@H]2[C@@]3(O)CO. The van der Waals surface area contributed by atoms with Gasteiger partial charge in [-0.3, -0.25) is 0 Å². The van der Waals surface area contributed by atoms with Gasteiger partial charge in [-0.2, -0.15) is 0 Å². The Kier molecular flexibility index (Phi) is 1.73. The lowest BCUT2D eigenvalue weighted by molar-refractivity contribution is -0.314. The minimum Gasteiger partial charge on any atom is -0.393 e. The molecule has 1 spiro atoms. The van der Waals surface area contributed by atoms with Crippen molar-refractivity contribution >= 4 is 0 Å². The van der Waals surface area contributed by atoms with Crippen molar-refractivity contribution in [2.24, 2.45) is 16.7 Å². The average Bonchev–Trinajstić information content (AvgIpc) is 2.61. The normalized spacial score (nSPS) is 62.4. The van der Waals surface area contributed by atoms with E-state index in [1.165, 1.54) is 6.42 Å². The van der Waals surface area contributed by atoms with E-state index in [4.69, 9.17) is 0 Å². The highest BCUT2D eigenvalue weighted by Crippen LogP contribution is 2.80. The fourth-order valence-corrected chi connectivity index (χ4v) is 5.33. The first kappa shape index (κ1) is 10.1. The Morgan fingerprint density at radius 3 is 2.60 bits per heavy atom. The summed E-state index contributed by atoms with van der Waals surface area (Å²) in [6, 6.07) is 0. The molecule has 2 bridgehead atoms. The number of aliphatic hydroxyl groups is 3. The fourth-order valence-electron chi connectivity index (χ4n) is 5.33. The molecule has 3 N–H and O–H groups in total. The maximum absolute atomic E-state index is 10.5. The van der Waals surface area contributed by atoms with E-state index in [9.17, 15) is 15.3 Å². The number of hydrogen-bond acceptors (Lipinski definition) is 3. The summed E-state index contributed by atoms with van der Waals surface area (Å²) in [6.07, 6.45) is 4.50. The number of fused-ring (bicyclic) bond motifs is 1. The lowest BCUT2D eigenvalue weighted by Gasteiger charge is -2.69. The molecule has 0 aliphatic heterocycles. The highest BCUT2D eigenvalue weighted by atomic mass is 16.3. The first-order valence-corrected chi connectivity index (χ1v) is 6.04. The highest BCUT2D eigenvalue weighted by Gasteiger charge is 2.84. The first-order valence-electron chi connectivity index (χ1n) is 6.04. The van der Waals surface area contributed by atoms with Crippen molar-refractivity contribution < 1.29 is 15.3 Å². The van der Waals surface area contributed by atoms with Gasteiger partial charge in [-0.15, -0.1) is 0 Å². The molecule has 3 heteroatoms. The molecule has 4 aliphatic rings. The third kappa shape index (κ3) is 0.728. The summed E-state index contributed by atoms with van der Waals surface area (Å²) in [7, 11) is 0. The van der Waals surface area contributed by atoms with Crippen LogP contribution in [0.15, 0.2) is 0 Å². The van der Waals surface area contributed by atoms with Gasteiger partial charge in [-0.05, 0) is 30.6 Å². The number of aliphatic hydroxyl groups excluding tert-OH is 2. The molecule has 0 saturated heterocycles. The summed E-state index contributed by atoms with van der Waals surface area (Å²) in [4.78, 5) is 0. The van der Waals surface area contributed by atoms with Crippen LogP contribution in [0, 0.1) is 16.7 Å². The van der Waals surface area contributed by atoms with E-state index in [2.05, 4.69) is 6.92 Å². The van der Waals surface area contributed by atoms with Gasteiger partial charge in [0.2, 0.25) is 0 Å². The van der Waals surface area contributed by atoms with Gasteiger partial charge in [0.05, 0.1) is 18.3 Å². The van der Waals surface area contributed by atoms with Crippen LogP contribution < -0.4 is 0 Å². The zero-order chi connectivity index (χ0) is 10.9. The van der Waals surface area contributed by atoms with Gasteiger partial charge in [0.15, 0.2) is 0 Å². The molecular formula is C12H20O3. The Bertz CT molecular complexity index is 293. The van der Waals surface area contributed by atoms with E-state index in [0.29, 0.717) is 6.42 Å². The summed E-state index contributed by atoms with van der Waals surface area (Å²) >= 11 is 0. The Labute approximate surface area is 90.1 Å². The number of hydrogen-bond donors (Lipinski definition) is 3. The fraction of sp³-hybridized carbons (Fsp3) is 1.00. The van der Waals surface area contributed by atoms with Crippen LogP contribution in [-0.4, -0.2) is 33.6 Å². The van der Waals surface area contributed by atoms with Crippen molar-refractivity contribution in [3.8, 4) is 0 Å². The minimum absolute atomic E-state index is 0.0716. The molecule has 0 amide bonds. The van der Waals surface area contributed by atoms with Gasteiger partial charge in [-0.25, -0.2) is 0 Å². The molecule has 4 saturated carbocycles. The third-order valence-electron chi connectivity index (χ3n) is 5.92. The van der Waals surface area contributed by atoms with E-state index < -0.39 is 17.1 Å². The summed E-state index contributed by atoms with van der Waals surface area (Å²) in [6.45, 7) is 2.00. The van der Waals surface area contributed by atoms with E-state index in [1.807, 2.05) is 0 Å². The Balaban J connectivity index is 2.09. The van der Waals surface area contributed by atoms with Crippen LogP contribution in [0.5, 0.6) is 0 Å². The van der Waals surface area contributed by atoms with Gasteiger partial charge < -0.3 is 15.3 Å². The molecular weight excluding hydrogens is 192 g/mol. The third-order valence-corrected chi connectivity index (χ3v) is 5.92. The molecule has 0 radical (unpaired) electrons. The molecule has 15 heavy (non-hydrogen) atoms.